The van der Waals surface area contributed by atoms with Gasteiger partial charge in [-0.25, -0.2) is 0 Å². The Hall–Kier alpha value is -1.39. The topological polar surface area (TPSA) is 49.8 Å². The summed E-state index contributed by atoms with van der Waals surface area (Å²) in [6, 6.07) is 10.3. The maximum Gasteiger partial charge on any atom is 0.223 e. The number of benzene rings is 1. The Labute approximate surface area is 125 Å². The minimum atomic E-state index is 0.102. The molecule has 1 saturated heterocycles. The van der Waals surface area contributed by atoms with Crippen LogP contribution in [-0.2, 0) is 16.1 Å². The van der Waals surface area contributed by atoms with Crippen LogP contribution in [0.15, 0.2) is 30.3 Å². The van der Waals surface area contributed by atoms with Gasteiger partial charge in [-0.1, -0.05) is 30.3 Å². The Morgan fingerprint density at radius 2 is 2.05 bits per heavy atom. The summed E-state index contributed by atoms with van der Waals surface area (Å²) in [6.45, 7) is 1.39. The summed E-state index contributed by atoms with van der Waals surface area (Å²) < 4.78 is 6.07. The zero-order valence-corrected chi connectivity index (χ0v) is 12.3. The Morgan fingerprint density at radius 3 is 2.76 bits per heavy atom. The normalized spacial score (nSPS) is 29.3. The van der Waals surface area contributed by atoms with Crippen LogP contribution >= 0.6 is 0 Å². The molecule has 1 aromatic rings. The molecule has 1 heterocycles. The van der Waals surface area contributed by atoms with Crippen LogP contribution in [0.1, 0.15) is 31.2 Å². The number of likely N-dealkylation sites (tertiary alicyclic amines) is 1. The molecule has 4 nitrogen and oxygen atoms in total. The van der Waals surface area contributed by atoms with Gasteiger partial charge in [-0.3, -0.25) is 4.79 Å². The maximum absolute atomic E-state index is 12.1. The standard InChI is InChI=1S/C17H23NO3/c19-11-14-9-17(20)18(10-14)15-7-4-8-16(15)21-12-13-5-2-1-3-6-13/h1-3,5-6,14-16,19H,4,7-12H2. The molecular formula is C17H23NO3. The number of hydrogen-bond acceptors (Lipinski definition) is 3. The van der Waals surface area contributed by atoms with Crippen LogP contribution < -0.4 is 0 Å². The van der Waals surface area contributed by atoms with Gasteiger partial charge in [-0.15, -0.1) is 0 Å². The lowest BCUT2D eigenvalue weighted by Crippen LogP contribution is -2.42. The van der Waals surface area contributed by atoms with Crippen molar-refractivity contribution in [2.45, 2.75) is 44.4 Å². The van der Waals surface area contributed by atoms with Crippen molar-refractivity contribution >= 4 is 5.91 Å². The second-order valence-electron chi connectivity index (χ2n) is 6.13. The van der Waals surface area contributed by atoms with Crippen LogP contribution in [0.4, 0.5) is 0 Å². The first-order valence-electron chi connectivity index (χ1n) is 7.84. The number of amides is 1. The van der Waals surface area contributed by atoms with Crippen molar-refractivity contribution in [3.63, 3.8) is 0 Å². The van der Waals surface area contributed by atoms with E-state index in [0.717, 1.165) is 19.3 Å². The zero-order chi connectivity index (χ0) is 14.7. The van der Waals surface area contributed by atoms with Gasteiger partial charge in [0.2, 0.25) is 5.91 Å². The molecule has 0 spiro atoms. The van der Waals surface area contributed by atoms with E-state index < -0.39 is 0 Å². The van der Waals surface area contributed by atoms with E-state index in [0.29, 0.717) is 19.6 Å². The van der Waals surface area contributed by atoms with Crippen molar-refractivity contribution in [3.05, 3.63) is 35.9 Å². The fourth-order valence-electron chi connectivity index (χ4n) is 3.49. The molecule has 21 heavy (non-hydrogen) atoms. The second kappa shape index (κ2) is 6.58. The fourth-order valence-corrected chi connectivity index (χ4v) is 3.49. The Balaban J connectivity index is 1.59. The monoisotopic (exact) mass is 289 g/mol. The molecule has 114 valence electrons. The van der Waals surface area contributed by atoms with Crippen LogP contribution in [0, 0.1) is 5.92 Å². The molecule has 0 radical (unpaired) electrons. The van der Waals surface area contributed by atoms with Crippen LogP contribution in [0.2, 0.25) is 0 Å². The number of rotatable bonds is 5. The fraction of sp³-hybridized carbons (Fsp3) is 0.588. The van der Waals surface area contributed by atoms with E-state index in [1.807, 2.05) is 23.1 Å². The van der Waals surface area contributed by atoms with E-state index in [4.69, 9.17) is 4.74 Å². The average molecular weight is 289 g/mol. The summed E-state index contributed by atoms with van der Waals surface area (Å²) in [5.41, 5.74) is 1.17. The minimum absolute atomic E-state index is 0.102. The third kappa shape index (κ3) is 3.27. The van der Waals surface area contributed by atoms with E-state index in [2.05, 4.69) is 12.1 Å². The number of ether oxygens (including phenoxy) is 1. The smallest absolute Gasteiger partial charge is 0.223 e. The maximum atomic E-state index is 12.1. The number of carbonyl (C=O) groups is 1. The molecule has 3 unspecified atom stereocenters. The lowest BCUT2D eigenvalue weighted by molar-refractivity contribution is -0.132. The van der Waals surface area contributed by atoms with Crippen molar-refractivity contribution < 1.29 is 14.6 Å². The largest absolute Gasteiger partial charge is 0.396 e. The molecule has 1 N–H and O–H groups in total. The van der Waals surface area contributed by atoms with Crippen LogP contribution in [0.3, 0.4) is 0 Å². The van der Waals surface area contributed by atoms with Gasteiger partial charge in [-0.05, 0) is 24.8 Å². The van der Waals surface area contributed by atoms with E-state index >= 15 is 0 Å². The van der Waals surface area contributed by atoms with Gasteiger partial charge in [0.25, 0.3) is 0 Å². The third-order valence-electron chi connectivity index (χ3n) is 4.62. The van der Waals surface area contributed by atoms with Gasteiger partial charge >= 0.3 is 0 Å². The lowest BCUT2D eigenvalue weighted by atomic mass is 10.1. The van der Waals surface area contributed by atoms with Crippen molar-refractivity contribution in [3.8, 4) is 0 Å². The summed E-state index contributed by atoms with van der Waals surface area (Å²) in [4.78, 5) is 14.1. The molecule has 1 aromatic carbocycles. The Kier molecular flexibility index (Phi) is 4.56. The molecule has 3 rings (SSSR count). The summed E-state index contributed by atoms with van der Waals surface area (Å²) in [5, 5.41) is 9.25. The quantitative estimate of drug-likeness (QED) is 0.901. The van der Waals surface area contributed by atoms with E-state index in [9.17, 15) is 9.90 Å². The zero-order valence-electron chi connectivity index (χ0n) is 12.3. The van der Waals surface area contributed by atoms with Crippen molar-refractivity contribution in [1.82, 2.24) is 4.90 Å². The van der Waals surface area contributed by atoms with E-state index in [1.165, 1.54) is 5.56 Å². The summed E-state index contributed by atoms with van der Waals surface area (Å²) in [6.07, 6.45) is 3.76. The molecule has 1 saturated carbocycles. The van der Waals surface area contributed by atoms with Crippen molar-refractivity contribution in [1.29, 1.82) is 0 Å². The minimum Gasteiger partial charge on any atom is -0.396 e. The first kappa shape index (κ1) is 14.5. The van der Waals surface area contributed by atoms with Gasteiger partial charge < -0.3 is 14.7 Å². The molecule has 4 heteroatoms. The van der Waals surface area contributed by atoms with Gasteiger partial charge in [0.1, 0.15) is 0 Å². The lowest BCUT2D eigenvalue weighted by Gasteiger charge is -2.29. The number of hydrogen-bond donors (Lipinski definition) is 1. The highest BCUT2D eigenvalue weighted by Crippen LogP contribution is 2.31. The first-order valence-corrected chi connectivity index (χ1v) is 7.84. The summed E-state index contributed by atoms with van der Waals surface area (Å²) in [5.74, 6) is 0.280. The Bertz CT molecular complexity index is 476. The van der Waals surface area contributed by atoms with Crippen LogP contribution in [0.5, 0.6) is 0 Å². The second-order valence-corrected chi connectivity index (χ2v) is 6.13. The molecule has 0 bridgehead atoms. The molecule has 2 aliphatic rings. The van der Waals surface area contributed by atoms with Gasteiger partial charge in [-0.2, -0.15) is 0 Å². The highest BCUT2D eigenvalue weighted by atomic mass is 16.5. The highest BCUT2D eigenvalue weighted by Gasteiger charge is 2.40. The number of aliphatic hydroxyl groups is 1. The predicted octanol–water partition coefficient (Wildman–Crippen LogP) is 1.97. The third-order valence-corrected chi connectivity index (χ3v) is 4.62. The molecule has 1 aliphatic heterocycles. The SMILES string of the molecule is O=C1CC(CO)CN1C1CCCC1OCc1ccccc1. The molecule has 1 amide bonds. The molecule has 0 aromatic heterocycles. The number of nitrogens with zero attached hydrogens (tertiary/aromatic N) is 1. The number of aliphatic hydroxyl groups excluding tert-OH is 1. The van der Waals surface area contributed by atoms with Gasteiger partial charge in [0, 0.05) is 25.5 Å². The highest BCUT2D eigenvalue weighted by molar-refractivity contribution is 5.79. The van der Waals surface area contributed by atoms with Crippen LogP contribution in [-0.4, -0.2) is 41.2 Å². The van der Waals surface area contributed by atoms with Gasteiger partial charge in [0.05, 0.1) is 18.8 Å². The van der Waals surface area contributed by atoms with E-state index in [-0.39, 0.29) is 30.6 Å². The van der Waals surface area contributed by atoms with Crippen molar-refractivity contribution in [2.24, 2.45) is 5.92 Å². The van der Waals surface area contributed by atoms with Gasteiger partial charge in [0.15, 0.2) is 0 Å². The number of carbonyl (C=O) groups excluding carboxylic acids is 1. The first-order chi connectivity index (χ1) is 10.3. The predicted molar refractivity (Wildman–Crippen MR) is 79.6 cm³/mol. The molecule has 2 fully saturated rings. The Morgan fingerprint density at radius 1 is 1.24 bits per heavy atom. The molecule has 3 atom stereocenters. The van der Waals surface area contributed by atoms with E-state index in [1.54, 1.807) is 0 Å². The summed E-state index contributed by atoms with van der Waals surface area (Å²) in [7, 11) is 0. The summed E-state index contributed by atoms with van der Waals surface area (Å²) >= 11 is 0. The van der Waals surface area contributed by atoms with Crippen molar-refractivity contribution in [2.75, 3.05) is 13.2 Å². The molecule has 1 aliphatic carbocycles. The molecular weight excluding hydrogens is 266 g/mol. The average Bonchev–Trinajstić information content (AvgIpc) is 3.12. The van der Waals surface area contributed by atoms with Crippen LogP contribution in [0.25, 0.3) is 0 Å².